The van der Waals surface area contributed by atoms with E-state index in [0.29, 0.717) is 0 Å². The Kier molecular flexibility index (Phi) is 1.99. The molecule has 0 spiro atoms. The summed E-state index contributed by atoms with van der Waals surface area (Å²) in [6.07, 6.45) is 1.69. The lowest BCUT2D eigenvalue weighted by atomic mass is 10.2. The fourth-order valence-corrected chi connectivity index (χ4v) is 2.02. The Labute approximate surface area is 83.6 Å². The van der Waals surface area contributed by atoms with Crippen LogP contribution in [0, 0.1) is 5.92 Å². The molecular formula is C8H8N2O3S. The van der Waals surface area contributed by atoms with Gasteiger partial charge in [0.05, 0.1) is 0 Å². The summed E-state index contributed by atoms with van der Waals surface area (Å²) in [5, 5.41) is 8.90. The lowest BCUT2D eigenvalue weighted by Gasteiger charge is -1.93. The van der Waals surface area contributed by atoms with Crippen molar-refractivity contribution in [2.24, 2.45) is 5.92 Å². The van der Waals surface area contributed by atoms with Crippen molar-refractivity contribution in [2.45, 2.75) is 12.8 Å². The van der Waals surface area contributed by atoms with E-state index in [1.54, 1.807) is 0 Å². The quantitative estimate of drug-likeness (QED) is 0.729. The number of thiazole rings is 1. The van der Waals surface area contributed by atoms with Gasteiger partial charge in [-0.15, -0.1) is 0 Å². The Balaban J connectivity index is 2.39. The van der Waals surface area contributed by atoms with Crippen LogP contribution in [0.15, 0.2) is 0 Å². The number of aromatic carboxylic acids is 1. The third kappa shape index (κ3) is 1.48. The van der Waals surface area contributed by atoms with Crippen molar-refractivity contribution >= 4 is 28.2 Å². The van der Waals surface area contributed by atoms with Gasteiger partial charge in [0.15, 0.2) is 16.6 Å². The van der Waals surface area contributed by atoms with Crippen molar-refractivity contribution in [1.29, 1.82) is 0 Å². The maximum Gasteiger partial charge on any atom is 0.356 e. The lowest BCUT2D eigenvalue weighted by molar-refractivity contribution is 0.0686. The molecule has 1 aromatic heterocycles. The summed E-state index contributed by atoms with van der Waals surface area (Å²) < 4.78 is 0. The molecule has 0 bridgehead atoms. The maximum absolute atomic E-state index is 11.6. The van der Waals surface area contributed by atoms with E-state index in [2.05, 4.69) is 4.98 Å². The molecule has 1 aliphatic carbocycles. The van der Waals surface area contributed by atoms with Gasteiger partial charge in [-0.3, -0.25) is 4.79 Å². The third-order valence-corrected chi connectivity index (χ3v) is 2.92. The van der Waals surface area contributed by atoms with E-state index in [0.717, 1.165) is 24.2 Å². The van der Waals surface area contributed by atoms with Gasteiger partial charge >= 0.3 is 5.97 Å². The molecule has 1 saturated carbocycles. The number of ketones is 1. The minimum absolute atomic E-state index is 0.00653. The van der Waals surface area contributed by atoms with Gasteiger partial charge < -0.3 is 10.8 Å². The van der Waals surface area contributed by atoms with Crippen LogP contribution in [-0.4, -0.2) is 21.8 Å². The molecule has 6 heteroatoms. The first-order valence-electron chi connectivity index (χ1n) is 4.13. The van der Waals surface area contributed by atoms with Crippen molar-refractivity contribution in [3.8, 4) is 0 Å². The smallest absolute Gasteiger partial charge is 0.356 e. The van der Waals surface area contributed by atoms with Crippen LogP contribution in [0.25, 0.3) is 0 Å². The highest BCUT2D eigenvalue weighted by molar-refractivity contribution is 7.17. The molecule has 0 aliphatic heterocycles. The van der Waals surface area contributed by atoms with Crippen LogP contribution in [-0.2, 0) is 0 Å². The number of carboxylic acids is 1. The van der Waals surface area contributed by atoms with E-state index in [1.165, 1.54) is 0 Å². The molecule has 1 fully saturated rings. The van der Waals surface area contributed by atoms with Crippen molar-refractivity contribution < 1.29 is 14.7 Å². The first-order valence-corrected chi connectivity index (χ1v) is 4.95. The van der Waals surface area contributed by atoms with Gasteiger partial charge in [0.1, 0.15) is 4.88 Å². The fourth-order valence-electron chi connectivity index (χ4n) is 1.18. The number of rotatable bonds is 3. The summed E-state index contributed by atoms with van der Waals surface area (Å²) in [4.78, 5) is 26.1. The minimum atomic E-state index is -1.19. The van der Waals surface area contributed by atoms with Gasteiger partial charge in [-0.2, -0.15) is 0 Å². The Hall–Kier alpha value is -1.43. The SMILES string of the molecule is Nc1nc(C(=O)O)c(C(=O)C2CC2)s1. The molecule has 1 heterocycles. The van der Waals surface area contributed by atoms with Crippen molar-refractivity contribution in [1.82, 2.24) is 4.98 Å². The molecule has 0 aromatic carbocycles. The number of carbonyl (C=O) groups is 2. The Morgan fingerprint density at radius 1 is 1.50 bits per heavy atom. The number of anilines is 1. The first kappa shape index (κ1) is 9.14. The third-order valence-electron chi connectivity index (χ3n) is 2.02. The number of aromatic nitrogens is 1. The summed E-state index contributed by atoms with van der Waals surface area (Å²) in [5.74, 6) is -1.33. The average Bonchev–Trinajstić information content (AvgIpc) is 2.87. The first-order chi connectivity index (χ1) is 6.59. The normalized spacial score (nSPS) is 15.4. The van der Waals surface area contributed by atoms with E-state index >= 15 is 0 Å². The monoisotopic (exact) mass is 212 g/mol. The predicted octanol–water partition coefficient (Wildman–Crippen LogP) is 1.02. The van der Waals surface area contributed by atoms with Crippen LogP contribution in [0.2, 0.25) is 0 Å². The number of hydrogen-bond acceptors (Lipinski definition) is 5. The molecule has 1 aliphatic rings. The number of hydrogen-bond donors (Lipinski definition) is 2. The second-order valence-corrected chi connectivity index (χ2v) is 4.20. The number of Topliss-reactive ketones (excluding diaryl/α,β-unsaturated/α-hetero) is 1. The Bertz CT molecular complexity index is 409. The number of nitrogens with two attached hydrogens (primary N) is 1. The standard InChI is InChI=1S/C8H8N2O3S/c9-8-10-4(7(12)13)6(14-8)5(11)3-1-2-3/h3H,1-2H2,(H2,9,10)(H,12,13). The summed E-state index contributed by atoms with van der Waals surface area (Å²) in [6, 6.07) is 0. The molecule has 74 valence electrons. The molecule has 14 heavy (non-hydrogen) atoms. The second-order valence-electron chi connectivity index (χ2n) is 3.17. The van der Waals surface area contributed by atoms with Crippen molar-refractivity contribution in [3.63, 3.8) is 0 Å². The summed E-state index contributed by atoms with van der Waals surface area (Å²) >= 11 is 0.955. The Morgan fingerprint density at radius 2 is 2.14 bits per heavy atom. The van der Waals surface area contributed by atoms with Crippen molar-refractivity contribution in [3.05, 3.63) is 10.6 Å². The zero-order valence-corrected chi connectivity index (χ0v) is 8.00. The van der Waals surface area contributed by atoms with Crippen LogP contribution in [0.4, 0.5) is 5.13 Å². The highest BCUT2D eigenvalue weighted by Gasteiger charge is 2.34. The summed E-state index contributed by atoms with van der Waals surface area (Å²) in [7, 11) is 0. The number of nitrogen functional groups attached to an aromatic ring is 1. The van der Waals surface area contributed by atoms with E-state index in [-0.39, 0.29) is 27.4 Å². The van der Waals surface area contributed by atoms with E-state index in [4.69, 9.17) is 10.8 Å². The van der Waals surface area contributed by atoms with Crippen LogP contribution in [0.1, 0.15) is 33.0 Å². The molecule has 0 amide bonds. The van der Waals surface area contributed by atoms with E-state index in [9.17, 15) is 9.59 Å². The molecule has 5 nitrogen and oxygen atoms in total. The number of nitrogens with zero attached hydrogens (tertiary/aromatic N) is 1. The van der Waals surface area contributed by atoms with Crippen LogP contribution >= 0.6 is 11.3 Å². The van der Waals surface area contributed by atoms with E-state index in [1.807, 2.05) is 0 Å². The van der Waals surface area contributed by atoms with Crippen LogP contribution in [0.3, 0.4) is 0 Å². The number of carboxylic acid groups (broad SMARTS) is 1. The predicted molar refractivity (Wildman–Crippen MR) is 50.5 cm³/mol. The lowest BCUT2D eigenvalue weighted by Crippen LogP contribution is -2.07. The van der Waals surface area contributed by atoms with E-state index < -0.39 is 5.97 Å². The average molecular weight is 212 g/mol. The van der Waals surface area contributed by atoms with Gasteiger partial charge in [0, 0.05) is 5.92 Å². The molecule has 0 saturated heterocycles. The molecular weight excluding hydrogens is 204 g/mol. The second kappa shape index (κ2) is 3.06. The highest BCUT2D eigenvalue weighted by Crippen LogP contribution is 2.35. The fraction of sp³-hybridized carbons (Fsp3) is 0.375. The topological polar surface area (TPSA) is 93.3 Å². The Morgan fingerprint density at radius 3 is 2.64 bits per heavy atom. The minimum Gasteiger partial charge on any atom is -0.476 e. The maximum atomic E-state index is 11.6. The molecule has 0 unspecified atom stereocenters. The molecule has 3 N–H and O–H groups in total. The van der Waals surface area contributed by atoms with Gasteiger partial charge in [-0.1, -0.05) is 11.3 Å². The molecule has 0 atom stereocenters. The molecule has 0 radical (unpaired) electrons. The van der Waals surface area contributed by atoms with Crippen LogP contribution < -0.4 is 5.73 Å². The summed E-state index contributed by atoms with van der Waals surface area (Å²) in [6.45, 7) is 0. The van der Waals surface area contributed by atoms with Gasteiger partial charge in [-0.25, -0.2) is 9.78 Å². The molecule has 2 rings (SSSR count). The largest absolute Gasteiger partial charge is 0.476 e. The highest BCUT2D eigenvalue weighted by atomic mass is 32.1. The molecule has 1 aromatic rings. The van der Waals surface area contributed by atoms with Gasteiger partial charge in [0.25, 0.3) is 0 Å². The zero-order chi connectivity index (χ0) is 10.3. The van der Waals surface area contributed by atoms with Gasteiger partial charge in [-0.05, 0) is 12.8 Å². The number of carbonyl (C=O) groups excluding carboxylic acids is 1. The van der Waals surface area contributed by atoms with Gasteiger partial charge in [0.2, 0.25) is 0 Å². The zero-order valence-electron chi connectivity index (χ0n) is 7.19. The van der Waals surface area contributed by atoms with Crippen molar-refractivity contribution in [2.75, 3.05) is 5.73 Å². The van der Waals surface area contributed by atoms with Crippen LogP contribution in [0.5, 0.6) is 0 Å². The summed E-state index contributed by atoms with van der Waals surface area (Å²) in [5.41, 5.74) is 5.16.